The van der Waals surface area contributed by atoms with E-state index in [0.717, 1.165) is 6.07 Å². The number of hydrogen-bond acceptors (Lipinski definition) is 3. The summed E-state index contributed by atoms with van der Waals surface area (Å²) in [6.45, 7) is 3.02. The maximum atomic E-state index is 13.2. The smallest absolute Gasteiger partial charge is 0.262 e. The number of benzene rings is 2. The predicted octanol–water partition coefficient (Wildman–Crippen LogP) is 3.14. The molecule has 0 fully saturated rings. The summed E-state index contributed by atoms with van der Waals surface area (Å²) in [5.41, 5.74) is 1.24. The minimum atomic E-state index is -3.87. The molecule has 0 heterocycles. The highest BCUT2D eigenvalue weighted by atomic mass is 32.2. The van der Waals surface area contributed by atoms with Gasteiger partial charge < -0.3 is 0 Å². The van der Waals surface area contributed by atoms with Gasteiger partial charge in [0.05, 0.1) is 4.90 Å². The quantitative estimate of drug-likeness (QED) is 0.883. The van der Waals surface area contributed by atoms with Crippen molar-refractivity contribution in [2.24, 2.45) is 0 Å². The highest BCUT2D eigenvalue weighted by Crippen LogP contribution is 2.20. The molecule has 2 aromatic carbocycles. The summed E-state index contributed by atoms with van der Waals surface area (Å²) >= 11 is 0. The van der Waals surface area contributed by atoms with Crippen LogP contribution in [0.3, 0.4) is 0 Å². The fourth-order valence-corrected chi connectivity index (χ4v) is 3.16. The zero-order chi connectivity index (χ0) is 15.6. The van der Waals surface area contributed by atoms with Crippen LogP contribution < -0.4 is 4.72 Å². The number of carbonyl (C=O) groups is 1. The Balaban J connectivity index is 2.33. The molecule has 2 rings (SSSR count). The number of hydrogen-bond donors (Lipinski definition) is 1. The number of carbonyl (C=O) groups excluding carboxylic acids is 1. The zero-order valence-electron chi connectivity index (χ0n) is 11.6. The molecule has 0 aromatic heterocycles. The molecule has 6 heteroatoms. The second-order valence-electron chi connectivity index (χ2n) is 4.65. The highest BCUT2D eigenvalue weighted by Gasteiger charge is 2.17. The van der Waals surface area contributed by atoms with Crippen LogP contribution in [0, 0.1) is 12.7 Å². The number of aryl methyl sites for hydroxylation is 1. The lowest BCUT2D eigenvalue weighted by molar-refractivity contribution is 0.101. The normalized spacial score (nSPS) is 11.2. The standard InChI is InChI=1S/C15H14FNO3S/c1-10-3-6-13(16)9-15(10)21(19,20)17-14-7-4-12(5-8-14)11(2)18/h3-9,17H,1-2H3. The van der Waals surface area contributed by atoms with Gasteiger partial charge in [0, 0.05) is 11.3 Å². The van der Waals surface area contributed by atoms with Crippen LogP contribution in [-0.2, 0) is 10.0 Å². The summed E-state index contributed by atoms with van der Waals surface area (Å²) in [7, 11) is -3.87. The van der Waals surface area contributed by atoms with Gasteiger partial charge >= 0.3 is 0 Å². The Morgan fingerprint density at radius 1 is 1.10 bits per heavy atom. The van der Waals surface area contributed by atoms with Crippen LogP contribution >= 0.6 is 0 Å². The lowest BCUT2D eigenvalue weighted by atomic mass is 10.1. The third-order valence-corrected chi connectivity index (χ3v) is 4.51. The first kappa shape index (κ1) is 15.2. The molecule has 21 heavy (non-hydrogen) atoms. The molecule has 0 unspecified atom stereocenters. The third kappa shape index (κ3) is 3.46. The van der Waals surface area contributed by atoms with E-state index in [1.165, 1.54) is 43.3 Å². The van der Waals surface area contributed by atoms with Crippen LogP contribution in [0.15, 0.2) is 47.4 Å². The van der Waals surface area contributed by atoms with Gasteiger partial charge in [-0.2, -0.15) is 0 Å². The van der Waals surface area contributed by atoms with Crippen LogP contribution in [0.2, 0.25) is 0 Å². The van der Waals surface area contributed by atoms with Crippen LogP contribution in [0.4, 0.5) is 10.1 Å². The lowest BCUT2D eigenvalue weighted by Crippen LogP contribution is -2.14. The second kappa shape index (κ2) is 5.65. The second-order valence-corrected chi connectivity index (χ2v) is 6.30. The van der Waals surface area contributed by atoms with E-state index < -0.39 is 15.8 Å². The molecule has 0 radical (unpaired) electrons. The van der Waals surface area contributed by atoms with Crippen LogP contribution in [0.25, 0.3) is 0 Å². The van der Waals surface area contributed by atoms with Gasteiger partial charge in [-0.1, -0.05) is 6.07 Å². The summed E-state index contributed by atoms with van der Waals surface area (Å²) in [4.78, 5) is 11.1. The molecule has 1 N–H and O–H groups in total. The van der Waals surface area contributed by atoms with Gasteiger partial charge in [0.15, 0.2) is 5.78 Å². The number of ketones is 1. The molecule has 0 amide bonds. The number of Topliss-reactive ketones (excluding diaryl/α,β-unsaturated/α-hetero) is 1. The Kier molecular flexibility index (Phi) is 4.09. The van der Waals surface area contributed by atoms with Crippen molar-refractivity contribution in [1.82, 2.24) is 0 Å². The van der Waals surface area contributed by atoms with Crippen molar-refractivity contribution in [3.8, 4) is 0 Å². The number of sulfonamides is 1. The molecule has 4 nitrogen and oxygen atoms in total. The number of anilines is 1. The maximum absolute atomic E-state index is 13.2. The molecule has 0 atom stereocenters. The molecular formula is C15H14FNO3S. The summed E-state index contributed by atoms with van der Waals surface area (Å²) in [6, 6.07) is 9.61. The first-order chi connectivity index (χ1) is 9.79. The molecule has 0 bridgehead atoms. The molecule has 2 aromatic rings. The van der Waals surface area contributed by atoms with Crippen molar-refractivity contribution in [3.05, 3.63) is 59.4 Å². The van der Waals surface area contributed by atoms with Gasteiger partial charge in [0.1, 0.15) is 5.82 Å². The van der Waals surface area contributed by atoms with Crippen molar-refractivity contribution in [2.75, 3.05) is 4.72 Å². The first-order valence-electron chi connectivity index (χ1n) is 6.19. The summed E-state index contributed by atoms with van der Waals surface area (Å²) < 4.78 is 40.1. The van der Waals surface area contributed by atoms with E-state index in [-0.39, 0.29) is 10.7 Å². The van der Waals surface area contributed by atoms with E-state index in [1.54, 1.807) is 6.92 Å². The molecule has 110 valence electrons. The summed E-state index contributed by atoms with van der Waals surface area (Å²) in [6.07, 6.45) is 0. The average Bonchev–Trinajstić information content (AvgIpc) is 2.41. The fraction of sp³-hybridized carbons (Fsp3) is 0.133. The van der Waals surface area contributed by atoms with E-state index in [2.05, 4.69) is 4.72 Å². The minimum Gasteiger partial charge on any atom is -0.295 e. The Labute approximate surface area is 122 Å². The Morgan fingerprint density at radius 2 is 1.71 bits per heavy atom. The van der Waals surface area contributed by atoms with Gasteiger partial charge in [-0.25, -0.2) is 12.8 Å². The topological polar surface area (TPSA) is 63.2 Å². The van der Waals surface area contributed by atoms with E-state index in [0.29, 0.717) is 16.8 Å². The monoisotopic (exact) mass is 307 g/mol. The van der Waals surface area contributed by atoms with Gasteiger partial charge in [0.2, 0.25) is 0 Å². The van der Waals surface area contributed by atoms with Gasteiger partial charge in [-0.3, -0.25) is 9.52 Å². The summed E-state index contributed by atoms with van der Waals surface area (Å²) in [5.74, 6) is -0.724. The molecule has 0 aliphatic rings. The van der Waals surface area contributed by atoms with Gasteiger partial charge in [-0.15, -0.1) is 0 Å². The predicted molar refractivity (Wildman–Crippen MR) is 78.4 cm³/mol. The van der Waals surface area contributed by atoms with Crippen molar-refractivity contribution in [3.63, 3.8) is 0 Å². The maximum Gasteiger partial charge on any atom is 0.262 e. The van der Waals surface area contributed by atoms with E-state index in [1.807, 2.05) is 0 Å². The molecule has 0 spiro atoms. The number of rotatable bonds is 4. The van der Waals surface area contributed by atoms with Crippen LogP contribution in [0.5, 0.6) is 0 Å². The van der Waals surface area contributed by atoms with Crippen molar-refractivity contribution < 1.29 is 17.6 Å². The first-order valence-corrected chi connectivity index (χ1v) is 7.68. The number of nitrogens with one attached hydrogen (secondary N) is 1. The molecule has 0 saturated heterocycles. The van der Waals surface area contributed by atoms with Crippen molar-refractivity contribution in [1.29, 1.82) is 0 Å². The molecule has 0 aliphatic carbocycles. The molecule has 0 aliphatic heterocycles. The Hall–Kier alpha value is -2.21. The third-order valence-electron chi connectivity index (χ3n) is 2.98. The van der Waals surface area contributed by atoms with Gasteiger partial charge in [-0.05, 0) is 55.8 Å². The van der Waals surface area contributed by atoms with Crippen molar-refractivity contribution in [2.45, 2.75) is 18.7 Å². The molecule has 0 saturated carbocycles. The van der Waals surface area contributed by atoms with Crippen molar-refractivity contribution >= 4 is 21.5 Å². The highest BCUT2D eigenvalue weighted by molar-refractivity contribution is 7.92. The van der Waals surface area contributed by atoms with E-state index >= 15 is 0 Å². The van der Waals surface area contributed by atoms with E-state index in [9.17, 15) is 17.6 Å². The van der Waals surface area contributed by atoms with Crippen LogP contribution in [0.1, 0.15) is 22.8 Å². The largest absolute Gasteiger partial charge is 0.295 e. The Morgan fingerprint density at radius 3 is 2.29 bits per heavy atom. The van der Waals surface area contributed by atoms with Gasteiger partial charge in [0.25, 0.3) is 10.0 Å². The zero-order valence-corrected chi connectivity index (χ0v) is 12.4. The Bertz CT molecular complexity index is 783. The molecular weight excluding hydrogens is 293 g/mol. The number of halogens is 1. The van der Waals surface area contributed by atoms with Crippen LogP contribution in [-0.4, -0.2) is 14.2 Å². The fourth-order valence-electron chi connectivity index (χ4n) is 1.85. The van der Waals surface area contributed by atoms with E-state index in [4.69, 9.17) is 0 Å². The summed E-state index contributed by atoms with van der Waals surface area (Å²) in [5, 5.41) is 0. The lowest BCUT2D eigenvalue weighted by Gasteiger charge is -2.10. The SMILES string of the molecule is CC(=O)c1ccc(NS(=O)(=O)c2cc(F)ccc2C)cc1. The average molecular weight is 307 g/mol. The minimum absolute atomic E-state index is 0.106.